The van der Waals surface area contributed by atoms with Gasteiger partial charge in [-0.15, -0.1) is 0 Å². The topological polar surface area (TPSA) is 45.3 Å². The van der Waals surface area contributed by atoms with Crippen LogP contribution in [0.15, 0.2) is 48.5 Å². The number of likely N-dealkylation sites (tertiary alicyclic amines) is 1. The lowest BCUT2D eigenvalue weighted by molar-refractivity contribution is -0.127. The highest BCUT2D eigenvalue weighted by molar-refractivity contribution is 5.94. The third kappa shape index (κ3) is 4.90. The fourth-order valence-corrected chi connectivity index (χ4v) is 4.75. The van der Waals surface area contributed by atoms with E-state index >= 15 is 0 Å². The quantitative estimate of drug-likeness (QED) is 0.699. The molecular weight excluding hydrogens is 402 g/mol. The van der Waals surface area contributed by atoms with Gasteiger partial charge in [-0.05, 0) is 42.7 Å². The van der Waals surface area contributed by atoms with Crippen molar-refractivity contribution in [1.82, 2.24) is 14.7 Å². The SMILES string of the molecule is O=C(C#Cc1ccccc1)N1CCCC(N2CCN(Cc3ccc4c(c3)OCO4)CC2)C1. The summed E-state index contributed by atoms with van der Waals surface area (Å²) < 4.78 is 10.9. The molecule has 0 saturated carbocycles. The van der Waals surface area contributed by atoms with E-state index in [9.17, 15) is 4.79 Å². The van der Waals surface area contributed by atoms with Gasteiger partial charge in [0.25, 0.3) is 5.91 Å². The van der Waals surface area contributed by atoms with E-state index in [1.54, 1.807) is 0 Å². The Hall–Kier alpha value is -3.01. The number of piperazine rings is 1. The lowest BCUT2D eigenvalue weighted by Crippen LogP contribution is -2.55. The van der Waals surface area contributed by atoms with Crippen LogP contribution in [0.1, 0.15) is 24.0 Å². The van der Waals surface area contributed by atoms with E-state index in [-0.39, 0.29) is 5.91 Å². The van der Waals surface area contributed by atoms with E-state index in [0.717, 1.165) is 75.7 Å². The van der Waals surface area contributed by atoms with Crippen LogP contribution in [0.5, 0.6) is 11.5 Å². The van der Waals surface area contributed by atoms with E-state index < -0.39 is 0 Å². The first-order chi connectivity index (χ1) is 15.7. The van der Waals surface area contributed by atoms with Crippen molar-refractivity contribution in [3.8, 4) is 23.3 Å². The molecule has 6 nitrogen and oxygen atoms in total. The molecule has 3 aliphatic heterocycles. The number of benzene rings is 2. The van der Waals surface area contributed by atoms with E-state index in [0.29, 0.717) is 12.8 Å². The Kier molecular flexibility index (Phi) is 6.29. The Morgan fingerprint density at radius 1 is 0.969 bits per heavy atom. The van der Waals surface area contributed by atoms with Crippen LogP contribution in [0.3, 0.4) is 0 Å². The summed E-state index contributed by atoms with van der Waals surface area (Å²) in [6, 6.07) is 16.4. The monoisotopic (exact) mass is 431 g/mol. The number of hydrogen-bond donors (Lipinski definition) is 0. The van der Waals surface area contributed by atoms with Crippen LogP contribution in [0.2, 0.25) is 0 Å². The first kappa shape index (κ1) is 20.9. The van der Waals surface area contributed by atoms with Gasteiger partial charge < -0.3 is 14.4 Å². The largest absolute Gasteiger partial charge is 0.454 e. The molecule has 1 unspecified atom stereocenters. The van der Waals surface area contributed by atoms with Crippen LogP contribution in [0, 0.1) is 11.8 Å². The molecule has 0 bridgehead atoms. The Morgan fingerprint density at radius 3 is 2.62 bits per heavy atom. The fourth-order valence-electron chi connectivity index (χ4n) is 4.75. The number of hydrogen-bond acceptors (Lipinski definition) is 5. The predicted molar refractivity (Wildman–Crippen MR) is 122 cm³/mol. The second kappa shape index (κ2) is 9.64. The molecular formula is C26H29N3O3. The Balaban J connectivity index is 1.12. The molecule has 6 heteroatoms. The Bertz CT molecular complexity index is 1010. The molecule has 166 valence electrons. The van der Waals surface area contributed by atoms with Crippen molar-refractivity contribution in [2.45, 2.75) is 25.4 Å². The fraction of sp³-hybridized carbons (Fsp3) is 0.423. The molecule has 3 heterocycles. The summed E-state index contributed by atoms with van der Waals surface area (Å²) in [4.78, 5) is 19.6. The van der Waals surface area contributed by atoms with Crippen LogP contribution in [0.4, 0.5) is 0 Å². The molecule has 2 aromatic rings. The smallest absolute Gasteiger partial charge is 0.298 e. The zero-order valence-electron chi connectivity index (χ0n) is 18.3. The van der Waals surface area contributed by atoms with E-state index in [4.69, 9.17) is 9.47 Å². The predicted octanol–water partition coefficient (Wildman–Crippen LogP) is 2.58. The van der Waals surface area contributed by atoms with Gasteiger partial charge in [-0.2, -0.15) is 0 Å². The zero-order valence-corrected chi connectivity index (χ0v) is 18.3. The number of fused-ring (bicyclic) bond motifs is 1. The first-order valence-electron chi connectivity index (χ1n) is 11.5. The van der Waals surface area contributed by atoms with Crippen molar-refractivity contribution in [3.05, 3.63) is 59.7 Å². The number of carbonyl (C=O) groups is 1. The molecule has 0 aliphatic carbocycles. The molecule has 0 aromatic heterocycles. The number of nitrogens with zero attached hydrogens (tertiary/aromatic N) is 3. The molecule has 1 atom stereocenters. The van der Waals surface area contributed by atoms with Crippen LogP contribution < -0.4 is 9.47 Å². The van der Waals surface area contributed by atoms with Gasteiger partial charge in [0.1, 0.15) is 0 Å². The molecule has 0 N–H and O–H groups in total. The van der Waals surface area contributed by atoms with E-state index in [1.807, 2.05) is 41.3 Å². The van der Waals surface area contributed by atoms with Gasteiger partial charge in [0.2, 0.25) is 6.79 Å². The van der Waals surface area contributed by atoms with Crippen molar-refractivity contribution in [3.63, 3.8) is 0 Å². The normalized spacial score (nSPS) is 21.1. The molecule has 2 saturated heterocycles. The number of rotatable bonds is 3. The van der Waals surface area contributed by atoms with Crippen LogP contribution in [-0.4, -0.2) is 72.7 Å². The lowest BCUT2D eigenvalue weighted by Gasteiger charge is -2.43. The average Bonchev–Trinajstić information content (AvgIpc) is 3.32. The number of piperidine rings is 1. The number of carbonyl (C=O) groups excluding carboxylic acids is 1. The third-order valence-corrected chi connectivity index (χ3v) is 6.54. The maximum atomic E-state index is 12.6. The van der Waals surface area contributed by atoms with Crippen LogP contribution in [-0.2, 0) is 11.3 Å². The maximum Gasteiger partial charge on any atom is 0.298 e. The van der Waals surface area contributed by atoms with Crippen molar-refractivity contribution < 1.29 is 14.3 Å². The van der Waals surface area contributed by atoms with Gasteiger partial charge in [-0.25, -0.2) is 0 Å². The summed E-state index contributed by atoms with van der Waals surface area (Å²) in [5, 5.41) is 0. The zero-order chi connectivity index (χ0) is 21.8. The van der Waals surface area contributed by atoms with Gasteiger partial charge in [-0.1, -0.05) is 30.2 Å². The summed E-state index contributed by atoms with van der Waals surface area (Å²) in [5.41, 5.74) is 2.14. The first-order valence-corrected chi connectivity index (χ1v) is 11.5. The minimum Gasteiger partial charge on any atom is -0.454 e. The lowest BCUT2D eigenvalue weighted by atomic mass is 10.0. The highest BCUT2D eigenvalue weighted by Crippen LogP contribution is 2.33. The van der Waals surface area contributed by atoms with Gasteiger partial charge in [0.05, 0.1) is 0 Å². The molecule has 32 heavy (non-hydrogen) atoms. The third-order valence-electron chi connectivity index (χ3n) is 6.54. The molecule has 1 amide bonds. The Labute approximate surface area is 189 Å². The second-order valence-corrected chi connectivity index (χ2v) is 8.66. The van der Waals surface area contributed by atoms with E-state index in [2.05, 4.69) is 33.8 Å². The second-order valence-electron chi connectivity index (χ2n) is 8.66. The number of ether oxygens (including phenoxy) is 2. The molecule has 0 spiro atoms. The Morgan fingerprint density at radius 2 is 1.78 bits per heavy atom. The van der Waals surface area contributed by atoms with Crippen molar-refractivity contribution >= 4 is 5.91 Å². The molecule has 2 fully saturated rings. The van der Waals surface area contributed by atoms with Gasteiger partial charge in [-0.3, -0.25) is 14.6 Å². The maximum absolute atomic E-state index is 12.6. The summed E-state index contributed by atoms with van der Waals surface area (Å²) in [6.07, 6.45) is 2.19. The number of amides is 1. The molecule has 2 aromatic carbocycles. The minimum absolute atomic E-state index is 0.0556. The van der Waals surface area contributed by atoms with Gasteiger partial charge in [0.15, 0.2) is 11.5 Å². The summed E-state index contributed by atoms with van der Waals surface area (Å²) in [6.45, 7) is 6.97. The van der Waals surface area contributed by atoms with Crippen molar-refractivity contribution in [1.29, 1.82) is 0 Å². The highest BCUT2D eigenvalue weighted by atomic mass is 16.7. The minimum atomic E-state index is -0.0556. The van der Waals surface area contributed by atoms with Crippen molar-refractivity contribution in [2.75, 3.05) is 46.1 Å². The van der Waals surface area contributed by atoms with Gasteiger partial charge >= 0.3 is 0 Å². The highest BCUT2D eigenvalue weighted by Gasteiger charge is 2.29. The molecule has 3 aliphatic rings. The average molecular weight is 432 g/mol. The van der Waals surface area contributed by atoms with E-state index in [1.165, 1.54) is 5.56 Å². The summed E-state index contributed by atoms with van der Waals surface area (Å²) in [5.74, 6) is 7.47. The standard InChI is InChI=1S/C26H29N3O3/c30-26(11-9-21-5-2-1-3-6-21)29-12-4-7-23(19-29)28-15-13-27(14-16-28)18-22-8-10-24-25(17-22)32-20-31-24/h1-3,5-6,8,10,17,23H,4,7,12-16,18-20H2. The van der Waals surface area contributed by atoms with Crippen molar-refractivity contribution in [2.24, 2.45) is 0 Å². The summed E-state index contributed by atoms with van der Waals surface area (Å²) in [7, 11) is 0. The summed E-state index contributed by atoms with van der Waals surface area (Å²) >= 11 is 0. The van der Waals surface area contributed by atoms with Gasteiger partial charge in [0, 0.05) is 63.3 Å². The molecule has 5 rings (SSSR count). The van der Waals surface area contributed by atoms with Crippen LogP contribution in [0.25, 0.3) is 0 Å². The molecule has 0 radical (unpaired) electrons. The van der Waals surface area contributed by atoms with Crippen LogP contribution >= 0.6 is 0 Å².